The second kappa shape index (κ2) is 9.88. The topological polar surface area (TPSA) is 115 Å². The normalized spacial score (nSPS) is 23.2. The minimum absolute atomic E-state index is 0.173. The molecule has 3 unspecified atom stereocenters. The van der Waals surface area contributed by atoms with Crippen LogP contribution >= 0.6 is 0 Å². The Morgan fingerprint density at radius 1 is 1.00 bits per heavy atom. The second-order valence-electron chi connectivity index (χ2n) is 10.1. The molecular formula is C28H31N7O2. The fourth-order valence-electron chi connectivity index (χ4n) is 5.83. The first-order valence-electron chi connectivity index (χ1n) is 12.9. The summed E-state index contributed by atoms with van der Waals surface area (Å²) in [5, 5.41) is 28.4. The number of aromatic nitrogens is 3. The zero-order valence-corrected chi connectivity index (χ0v) is 20.7. The van der Waals surface area contributed by atoms with Gasteiger partial charge in [-0.25, -0.2) is 4.98 Å². The summed E-state index contributed by atoms with van der Waals surface area (Å²) in [6.45, 7) is 3.89. The molecule has 9 heteroatoms. The van der Waals surface area contributed by atoms with Crippen LogP contribution in [-0.2, 0) is 0 Å². The molecule has 0 saturated carbocycles. The zero-order chi connectivity index (χ0) is 25.4. The van der Waals surface area contributed by atoms with Gasteiger partial charge in [-0.1, -0.05) is 18.1 Å². The number of phenolic OH excluding ortho intramolecular Hbond substituents is 1. The Labute approximate surface area is 216 Å². The van der Waals surface area contributed by atoms with Gasteiger partial charge < -0.3 is 25.7 Å². The van der Waals surface area contributed by atoms with E-state index in [4.69, 9.17) is 5.73 Å². The number of nitrogen functional groups attached to an aromatic ring is 1. The van der Waals surface area contributed by atoms with Gasteiger partial charge >= 0.3 is 0 Å². The van der Waals surface area contributed by atoms with E-state index in [9.17, 15) is 10.2 Å². The largest absolute Gasteiger partial charge is 0.507 e. The first-order chi connectivity index (χ1) is 18.0. The molecule has 3 aliphatic rings. The van der Waals surface area contributed by atoms with Crippen molar-refractivity contribution < 1.29 is 10.2 Å². The number of pyridine rings is 1. The van der Waals surface area contributed by atoms with Gasteiger partial charge in [-0.05, 0) is 55.5 Å². The summed E-state index contributed by atoms with van der Waals surface area (Å²) in [6.07, 6.45) is 4.64. The molecule has 2 aromatic heterocycles. The number of rotatable bonds is 4. The number of phenols is 1. The van der Waals surface area contributed by atoms with Gasteiger partial charge in [0.1, 0.15) is 11.4 Å². The van der Waals surface area contributed by atoms with E-state index < -0.39 is 0 Å². The number of anilines is 3. The van der Waals surface area contributed by atoms with Crippen LogP contribution in [0.1, 0.15) is 25.0 Å². The second-order valence-corrected chi connectivity index (χ2v) is 10.1. The summed E-state index contributed by atoms with van der Waals surface area (Å²) in [7, 11) is 0. The molecule has 190 valence electrons. The SMILES string of the molecule is Nc1nnc(-c2ccccc2O)cc1N1CC2CCC(C1)N2c1ccnc(C#CCN2CCC(O)C2)c1. The van der Waals surface area contributed by atoms with E-state index in [0.29, 0.717) is 42.2 Å². The third-order valence-corrected chi connectivity index (χ3v) is 7.61. The number of fused-ring (bicyclic) bond motifs is 2. The van der Waals surface area contributed by atoms with Crippen molar-refractivity contribution in [1.29, 1.82) is 0 Å². The van der Waals surface area contributed by atoms with Crippen LogP contribution in [0, 0.1) is 11.8 Å². The van der Waals surface area contributed by atoms with E-state index in [0.717, 1.165) is 56.0 Å². The number of piperazine rings is 1. The van der Waals surface area contributed by atoms with Crippen LogP contribution in [0.2, 0.25) is 0 Å². The molecule has 1 aromatic carbocycles. The minimum Gasteiger partial charge on any atom is -0.507 e. The number of para-hydroxylation sites is 1. The molecule has 3 aliphatic heterocycles. The Hall–Kier alpha value is -3.87. The highest BCUT2D eigenvalue weighted by atomic mass is 16.3. The summed E-state index contributed by atoms with van der Waals surface area (Å²) in [5.74, 6) is 7.01. The lowest BCUT2D eigenvalue weighted by atomic mass is 10.1. The molecule has 2 bridgehead atoms. The predicted octanol–water partition coefficient (Wildman–Crippen LogP) is 2.10. The molecule has 5 heterocycles. The molecule has 6 rings (SSSR count). The molecule has 37 heavy (non-hydrogen) atoms. The lowest BCUT2D eigenvalue weighted by molar-refractivity contribution is 0.180. The van der Waals surface area contributed by atoms with Gasteiger partial charge in [0.15, 0.2) is 5.82 Å². The standard InChI is InChI=1S/C28H31N7O2/c29-28-26(15-25(31-32-28)24-5-1-2-6-27(24)37)34-16-21-7-8-22(17-34)35(21)20-9-11-30-19(14-20)4-3-12-33-13-10-23(36)18-33/h1-2,5-6,9,11,14-15,21-23,36-37H,7-8,10,12-13,16-18H2,(H2,29,32). The van der Waals surface area contributed by atoms with Crippen molar-refractivity contribution in [3.63, 3.8) is 0 Å². The van der Waals surface area contributed by atoms with Gasteiger partial charge in [-0.15, -0.1) is 10.2 Å². The lowest BCUT2D eigenvalue weighted by Gasteiger charge is -2.43. The summed E-state index contributed by atoms with van der Waals surface area (Å²) >= 11 is 0. The maximum absolute atomic E-state index is 10.3. The Kier molecular flexibility index (Phi) is 6.28. The number of aliphatic hydroxyl groups is 1. The van der Waals surface area contributed by atoms with E-state index in [-0.39, 0.29) is 11.9 Å². The van der Waals surface area contributed by atoms with E-state index in [1.165, 1.54) is 0 Å². The van der Waals surface area contributed by atoms with E-state index >= 15 is 0 Å². The molecule has 4 N–H and O–H groups in total. The van der Waals surface area contributed by atoms with Gasteiger partial charge in [-0.2, -0.15) is 0 Å². The molecule has 0 spiro atoms. The van der Waals surface area contributed by atoms with E-state index in [2.05, 4.69) is 53.9 Å². The molecule has 3 fully saturated rings. The molecule has 0 radical (unpaired) electrons. The number of aliphatic hydroxyl groups excluding tert-OH is 1. The Morgan fingerprint density at radius 3 is 2.57 bits per heavy atom. The summed E-state index contributed by atoms with van der Waals surface area (Å²) in [6, 6.07) is 13.9. The highest BCUT2D eigenvalue weighted by molar-refractivity contribution is 5.74. The third-order valence-electron chi connectivity index (χ3n) is 7.61. The van der Waals surface area contributed by atoms with Crippen molar-refractivity contribution in [2.75, 3.05) is 48.3 Å². The van der Waals surface area contributed by atoms with Gasteiger partial charge in [0.2, 0.25) is 0 Å². The molecule has 0 aliphatic carbocycles. The number of nitrogens with two attached hydrogens (primary N) is 1. The Balaban J connectivity index is 1.19. The maximum atomic E-state index is 10.3. The zero-order valence-electron chi connectivity index (χ0n) is 20.7. The number of nitrogens with zero attached hydrogens (tertiary/aromatic N) is 6. The molecule has 3 aromatic rings. The van der Waals surface area contributed by atoms with Crippen LogP contribution in [-0.4, -0.2) is 81.2 Å². The number of β-amino-alcohol motifs (C(OH)–C–C–N with tert-alkyl or cyclic N) is 1. The smallest absolute Gasteiger partial charge is 0.169 e. The fourth-order valence-corrected chi connectivity index (χ4v) is 5.83. The maximum Gasteiger partial charge on any atom is 0.169 e. The summed E-state index contributed by atoms with van der Waals surface area (Å²) in [4.78, 5) is 11.5. The quantitative estimate of drug-likeness (QED) is 0.466. The highest BCUT2D eigenvalue weighted by Gasteiger charge is 2.40. The van der Waals surface area contributed by atoms with Crippen LogP contribution < -0.4 is 15.5 Å². The van der Waals surface area contributed by atoms with Crippen molar-refractivity contribution in [2.45, 2.75) is 37.5 Å². The van der Waals surface area contributed by atoms with E-state index in [1.807, 2.05) is 24.4 Å². The molecular weight excluding hydrogens is 466 g/mol. The molecule has 9 nitrogen and oxygen atoms in total. The lowest BCUT2D eigenvalue weighted by Crippen LogP contribution is -2.54. The van der Waals surface area contributed by atoms with Crippen LogP contribution in [0.15, 0.2) is 48.7 Å². The van der Waals surface area contributed by atoms with Gasteiger partial charge in [0.25, 0.3) is 0 Å². The van der Waals surface area contributed by atoms with Gasteiger partial charge in [0, 0.05) is 55.7 Å². The first-order valence-corrected chi connectivity index (χ1v) is 12.9. The van der Waals surface area contributed by atoms with Crippen LogP contribution in [0.3, 0.4) is 0 Å². The number of hydrogen-bond acceptors (Lipinski definition) is 9. The van der Waals surface area contributed by atoms with Crippen LogP contribution in [0.5, 0.6) is 5.75 Å². The average molecular weight is 498 g/mol. The Bertz CT molecular complexity index is 1340. The van der Waals surface area contributed by atoms with Gasteiger partial charge in [0.05, 0.1) is 24.0 Å². The fraction of sp³-hybridized carbons (Fsp3) is 0.393. The van der Waals surface area contributed by atoms with Gasteiger partial charge in [-0.3, -0.25) is 4.90 Å². The number of hydrogen-bond donors (Lipinski definition) is 3. The average Bonchev–Trinajstić information content (AvgIpc) is 3.44. The summed E-state index contributed by atoms with van der Waals surface area (Å²) < 4.78 is 0. The first kappa shape index (κ1) is 23.5. The van der Waals surface area contributed by atoms with Crippen molar-refractivity contribution in [3.05, 3.63) is 54.4 Å². The number of benzene rings is 1. The van der Waals surface area contributed by atoms with Crippen LogP contribution in [0.25, 0.3) is 11.3 Å². The predicted molar refractivity (Wildman–Crippen MR) is 143 cm³/mol. The highest BCUT2D eigenvalue weighted by Crippen LogP contribution is 2.38. The van der Waals surface area contributed by atoms with Crippen molar-refractivity contribution in [1.82, 2.24) is 20.1 Å². The summed E-state index contributed by atoms with van der Waals surface area (Å²) in [5.41, 5.74) is 10.3. The number of aromatic hydroxyl groups is 1. The number of likely N-dealkylation sites (tertiary alicyclic amines) is 1. The molecule has 3 saturated heterocycles. The Morgan fingerprint density at radius 2 is 1.81 bits per heavy atom. The van der Waals surface area contributed by atoms with Crippen molar-refractivity contribution in [3.8, 4) is 28.8 Å². The van der Waals surface area contributed by atoms with Crippen LogP contribution in [0.4, 0.5) is 17.2 Å². The monoisotopic (exact) mass is 497 g/mol. The molecule has 3 atom stereocenters. The molecule has 0 amide bonds. The van der Waals surface area contributed by atoms with Crippen molar-refractivity contribution in [2.24, 2.45) is 0 Å². The van der Waals surface area contributed by atoms with Crippen molar-refractivity contribution >= 4 is 17.2 Å². The minimum atomic E-state index is -0.229. The van der Waals surface area contributed by atoms with E-state index in [1.54, 1.807) is 12.1 Å². The third kappa shape index (κ3) is 4.78.